The molecule has 0 saturated carbocycles. The van der Waals surface area contributed by atoms with Crippen LogP contribution in [-0.2, 0) is 11.4 Å². The number of amides is 2. The number of nitrogens with zero attached hydrogens (tertiary/aromatic N) is 2. The van der Waals surface area contributed by atoms with E-state index in [1.54, 1.807) is 67.6 Å². The summed E-state index contributed by atoms with van der Waals surface area (Å²) >= 11 is 12.4. The van der Waals surface area contributed by atoms with E-state index in [0.29, 0.717) is 44.8 Å². The molecule has 1 aliphatic rings. The van der Waals surface area contributed by atoms with Gasteiger partial charge in [-0.2, -0.15) is 10.1 Å². The smallest absolute Gasteiger partial charge is 0.283 e. The molecule has 160 valence electrons. The number of ether oxygens (including phenoxy) is 1. The standard InChI is InChI=1S/C25H18Cl2N2O3/c1-16-21(25(31)29(28-16)24(30)19-7-3-2-4-8-19)13-17-10-11-23(22(27)14-17)32-15-18-6-5-9-20(26)12-18/h2-14H,15H2,1H3/b21-13+. The van der Waals surface area contributed by atoms with Crippen molar-refractivity contribution in [1.82, 2.24) is 5.01 Å². The summed E-state index contributed by atoms with van der Waals surface area (Å²) in [7, 11) is 0. The molecule has 0 aliphatic carbocycles. The lowest BCUT2D eigenvalue weighted by molar-refractivity contribution is -0.123. The maximum absolute atomic E-state index is 12.8. The van der Waals surface area contributed by atoms with Gasteiger partial charge in [0.2, 0.25) is 0 Å². The second kappa shape index (κ2) is 9.39. The predicted molar refractivity (Wildman–Crippen MR) is 126 cm³/mol. The molecule has 7 heteroatoms. The van der Waals surface area contributed by atoms with Crippen molar-refractivity contribution < 1.29 is 14.3 Å². The summed E-state index contributed by atoms with van der Waals surface area (Å²) < 4.78 is 5.79. The monoisotopic (exact) mass is 464 g/mol. The topological polar surface area (TPSA) is 59.0 Å². The second-order valence-corrected chi connectivity index (χ2v) is 7.98. The predicted octanol–water partition coefficient (Wildman–Crippen LogP) is 6.01. The van der Waals surface area contributed by atoms with E-state index in [0.717, 1.165) is 10.6 Å². The third-order valence-corrected chi connectivity index (χ3v) is 5.36. The summed E-state index contributed by atoms with van der Waals surface area (Å²) in [6.45, 7) is 2.01. The van der Waals surface area contributed by atoms with Gasteiger partial charge in [-0.25, -0.2) is 0 Å². The number of carbonyl (C=O) groups is 2. The first-order chi connectivity index (χ1) is 15.4. The quantitative estimate of drug-likeness (QED) is 0.342. The summed E-state index contributed by atoms with van der Waals surface area (Å²) in [5, 5.41) is 6.07. The number of hydrogen-bond donors (Lipinski definition) is 0. The Morgan fingerprint density at radius 1 is 1.03 bits per heavy atom. The molecule has 1 heterocycles. The van der Waals surface area contributed by atoms with Gasteiger partial charge in [-0.3, -0.25) is 9.59 Å². The zero-order chi connectivity index (χ0) is 22.7. The van der Waals surface area contributed by atoms with Gasteiger partial charge in [0.05, 0.1) is 16.3 Å². The Morgan fingerprint density at radius 3 is 2.53 bits per heavy atom. The van der Waals surface area contributed by atoms with Gasteiger partial charge in [-0.05, 0) is 60.5 Å². The van der Waals surface area contributed by atoms with Gasteiger partial charge in [-0.15, -0.1) is 0 Å². The number of carbonyl (C=O) groups excluding carboxylic acids is 2. The van der Waals surface area contributed by atoms with Crippen molar-refractivity contribution in [2.75, 3.05) is 0 Å². The van der Waals surface area contributed by atoms with E-state index in [1.165, 1.54) is 0 Å². The van der Waals surface area contributed by atoms with Crippen molar-refractivity contribution in [2.24, 2.45) is 5.10 Å². The SMILES string of the molecule is CC1=NN(C(=O)c2ccccc2)C(=O)/C1=C/c1ccc(OCc2cccc(Cl)c2)c(Cl)c1. The molecule has 5 nitrogen and oxygen atoms in total. The Kier molecular flexibility index (Phi) is 6.40. The highest BCUT2D eigenvalue weighted by atomic mass is 35.5. The van der Waals surface area contributed by atoms with Gasteiger partial charge in [0, 0.05) is 10.6 Å². The lowest BCUT2D eigenvalue weighted by Crippen LogP contribution is -2.29. The highest BCUT2D eigenvalue weighted by Crippen LogP contribution is 2.29. The zero-order valence-electron chi connectivity index (χ0n) is 17.1. The van der Waals surface area contributed by atoms with E-state index in [4.69, 9.17) is 27.9 Å². The summed E-state index contributed by atoms with van der Waals surface area (Å²) in [6, 6.07) is 21.2. The zero-order valence-corrected chi connectivity index (χ0v) is 18.6. The molecular formula is C25H18Cl2N2O3. The van der Waals surface area contributed by atoms with Gasteiger partial charge in [0.25, 0.3) is 11.8 Å². The molecule has 0 unspecified atom stereocenters. The summed E-state index contributed by atoms with van der Waals surface area (Å²) in [6.07, 6.45) is 1.66. The lowest BCUT2D eigenvalue weighted by atomic mass is 10.1. The fourth-order valence-electron chi connectivity index (χ4n) is 3.20. The van der Waals surface area contributed by atoms with Crippen LogP contribution in [0.2, 0.25) is 10.0 Å². The van der Waals surface area contributed by atoms with Crippen LogP contribution in [0.25, 0.3) is 6.08 Å². The van der Waals surface area contributed by atoms with Crippen LogP contribution in [0.5, 0.6) is 5.75 Å². The molecule has 0 bridgehead atoms. The van der Waals surface area contributed by atoms with Crippen LogP contribution in [0.15, 0.2) is 83.5 Å². The van der Waals surface area contributed by atoms with Crippen molar-refractivity contribution in [3.63, 3.8) is 0 Å². The van der Waals surface area contributed by atoms with Crippen LogP contribution >= 0.6 is 23.2 Å². The summed E-state index contributed by atoms with van der Waals surface area (Å²) in [5.41, 5.74) is 2.79. The Bertz CT molecular complexity index is 1250. The van der Waals surface area contributed by atoms with Gasteiger partial charge < -0.3 is 4.74 Å². The van der Waals surface area contributed by atoms with E-state index in [1.807, 2.05) is 18.2 Å². The average Bonchev–Trinajstić information content (AvgIpc) is 3.07. The molecule has 0 aromatic heterocycles. The Labute approximate surface area is 195 Å². The first kappa shape index (κ1) is 21.8. The Balaban J connectivity index is 1.50. The van der Waals surface area contributed by atoms with E-state index in [-0.39, 0.29) is 0 Å². The minimum atomic E-state index is -0.478. The molecule has 2 amide bonds. The fraction of sp³-hybridized carbons (Fsp3) is 0.0800. The number of halogens is 2. The molecule has 3 aromatic carbocycles. The molecule has 3 aromatic rings. The molecule has 0 saturated heterocycles. The van der Waals surface area contributed by atoms with Crippen molar-refractivity contribution in [3.8, 4) is 5.75 Å². The van der Waals surface area contributed by atoms with Crippen molar-refractivity contribution in [3.05, 3.63) is 105 Å². The number of imide groups is 1. The lowest BCUT2D eigenvalue weighted by Gasteiger charge is -2.10. The number of hydrazone groups is 1. The van der Waals surface area contributed by atoms with Crippen molar-refractivity contribution in [2.45, 2.75) is 13.5 Å². The Morgan fingerprint density at radius 2 is 1.81 bits per heavy atom. The summed E-state index contributed by atoms with van der Waals surface area (Å²) in [4.78, 5) is 25.5. The summed E-state index contributed by atoms with van der Waals surface area (Å²) in [5.74, 6) is -0.437. The highest BCUT2D eigenvalue weighted by molar-refractivity contribution is 6.33. The molecule has 0 N–H and O–H groups in total. The molecule has 32 heavy (non-hydrogen) atoms. The molecule has 0 atom stereocenters. The molecular weight excluding hydrogens is 447 g/mol. The number of hydrogen-bond acceptors (Lipinski definition) is 4. The maximum Gasteiger partial charge on any atom is 0.283 e. The normalized spacial score (nSPS) is 14.6. The van der Waals surface area contributed by atoms with Crippen molar-refractivity contribution >= 4 is 46.8 Å². The van der Waals surface area contributed by atoms with E-state index >= 15 is 0 Å². The average molecular weight is 465 g/mol. The van der Waals surface area contributed by atoms with Gasteiger partial charge in [-0.1, -0.05) is 59.6 Å². The number of benzene rings is 3. The Hall–Kier alpha value is -3.41. The minimum Gasteiger partial charge on any atom is -0.487 e. The number of rotatable bonds is 5. The molecule has 0 fully saturated rings. The van der Waals surface area contributed by atoms with Crippen LogP contribution in [0, 0.1) is 0 Å². The first-order valence-corrected chi connectivity index (χ1v) is 10.6. The fourth-order valence-corrected chi connectivity index (χ4v) is 3.66. The third-order valence-electron chi connectivity index (χ3n) is 4.83. The van der Waals surface area contributed by atoms with Crippen LogP contribution in [0.1, 0.15) is 28.4 Å². The minimum absolute atomic E-state index is 0.321. The molecule has 4 rings (SSSR count). The molecule has 0 spiro atoms. The van der Waals surface area contributed by atoms with E-state index in [9.17, 15) is 9.59 Å². The first-order valence-electron chi connectivity index (χ1n) is 9.80. The van der Waals surface area contributed by atoms with Crippen LogP contribution < -0.4 is 4.74 Å². The molecule has 0 radical (unpaired) electrons. The van der Waals surface area contributed by atoms with Crippen molar-refractivity contribution in [1.29, 1.82) is 0 Å². The van der Waals surface area contributed by atoms with Crippen LogP contribution in [0.3, 0.4) is 0 Å². The maximum atomic E-state index is 12.8. The highest BCUT2D eigenvalue weighted by Gasteiger charge is 2.32. The van der Waals surface area contributed by atoms with E-state index < -0.39 is 11.8 Å². The van der Waals surface area contributed by atoms with Gasteiger partial charge in [0.15, 0.2) is 0 Å². The second-order valence-electron chi connectivity index (χ2n) is 7.14. The largest absolute Gasteiger partial charge is 0.487 e. The van der Waals surface area contributed by atoms with Crippen LogP contribution in [-0.4, -0.2) is 22.5 Å². The molecule has 1 aliphatic heterocycles. The van der Waals surface area contributed by atoms with Crippen LogP contribution in [0.4, 0.5) is 0 Å². The van der Waals surface area contributed by atoms with Gasteiger partial charge in [0.1, 0.15) is 12.4 Å². The van der Waals surface area contributed by atoms with E-state index in [2.05, 4.69) is 5.10 Å². The third kappa shape index (κ3) is 4.74. The van der Waals surface area contributed by atoms with Gasteiger partial charge >= 0.3 is 0 Å².